The molecule has 5 heteroatoms. The number of carbonyl (C=O) groups is 1. The fraction of sp³-hybridized carbons (Fsp3) is 0.529. The lowest BCUT2D eigenvalue weighted by Crippen LogP contribution is -2.40. The Hall–Kier alpha value is -1.88. The highest BCUT2D eigenvalue weighted by Gasteiger charge is 2.29. The van der Waals surface area contributed by atoms with E-state index in [-0.39, 0.29) is 5.91 Å². The van der Waals surface area contributed by atoms with Crippen molar-refractivity contribution in [2.24, 2.45) is 10.7 Å². The maximum absolute atomic E-state index is 12.3. The molecule has 2 N–H and O–H groups in total. The molecule has 1 atom stereocenters. The second-order valence-corrected chi connectivity index (χ2v) is 6.07. The number of likely N-dealkylation sites (N-methyl/N-ethyl adjacent to an activating group) is 1. The van der Waals surface area contributed by atoms with Gasteiger partial charge in [0, 0.05) is 25.7 Å². The number of hydrogen-bond acceptors (Lipinski definition) is 4. The quantitative estimate of drug-likeness (QED) is 0.796. The molecule has 0 aromatic heterocycles. The smallest absolute Gasteiger partial charge is 0.266 e. The Morgan fingerprint density at radius 2 is 1.73 bits per heavy atom. The van der Waals surface area contributed by atoms with Gasteiger partial charge in [-0.25, -0.2) is 4.99 Å². The highest BCUT2D eigenvalue weighted by atomic mass is 16.2. The third-order valence-corrected chi connectivity index (χ3v) is 4.51. The Morgan fingerprint density at radius 1 is 1.09 bits per heavy atom. The normalized spacial score (nSPS) is 23.3. The van der Waals surface area contributed by atoms with Gasteiger partial charge in [0.1, 0.15) is 5.84 Å². The van der Waals surface area contributed by atoms with Crippen LogP contribution in [0.4, 0.5) is 5.69 Å². The van der Waals surface area contributed by atoms with E-state index in [1.54, 1.807) is 11.9 Å². The summed E-state index contributed by atoms with van der Waals surface area (Å²) < 4.78 is 0. The fourth-order valence-corrected chi connectivity index (χ4v) is 3.24. The number of likely N-dealkylation sites (tertiary alicyclic amines) is 1. The van der Waals surface area contributed by atoms with Crippen molar-refractivity contribution in [2.45, 2.75) is 38.3 Å². The molecule has 5 nitrogen and oxygen atoms in total. The maximum Gasteiger partial charge on any atom is 0.266 e. The number of nitrogens with zero attached hydrogens (tertiary/aromatic N) is 3. The van der Waals surface area contributed by atoms with E-state index >= 15 is 0 Å². The van der Waals surface area contributed by atoms with Gasteiger partial charge in [-0.2, -0.15) is 0 Å². The van der Waals surface area contributed by atoms with Crippen LogP contribution in [0.3, 0.4) is 0 Å². The molecule has 1 saturated heterocycles. The predicted octanol–water partition coefficient (Wildman–Crippen LogP) is 1.96. The van der Waals surface area contributed by atoms with Crippen molar-refractivity contribution in [1.29, 1.82) is 0 Å². The van der Waals surface area contributed by atoms with E-state index in [0.717, 1.165) is 30.2 Å². The SMILES string of the molecule is CN1C(=O)[C@H](N)N=C(N2CCCCCCC2)c2ccccc21. The molecular formula is C17H24N4O. The van der Waals surface area contributed by atoms with Crippen molar-refractivity contribution in [3.63, 3.8) is 0 Å². The molecule has 2 aliphatic heterocycles. The van der Waals surface area contributed by atoms with Gasteiger partial charge in [0.05, 0.1) is 5.69 Å². The Bertz CT molecular complexity index is 576. The molecule has 1 amide bonds. The van der Waals surface area contributed by atoms with Gasteiger partial charge in [-0.1, -0.05) is 31.4 Å². The summed E-state index contributed by atoms with van der Waals surface area (Å²) in [5.41, 5.74) is 7.91. The van der Waals surface area contributed by atoms with E-state index in [0.29, 0.717) is 0 Å². The van der Waals surface area contributed by atoms with Gasteiger partial charge in [-0.3, -0.25) is 4.79 Å². The summed E-state index contributed by atoms with van der Waals surface area (Å²) in [4.78, 5) is 20.8. The van der Waals surface area contributed by atoms with Crippen molar-refractivity contribution < 1.29 is 4.79 Å². The van der Waals surface area contributed by atoms with Crippen LogP contribution in [-0.2, 0) is 4.79 Å². The van der Waals surface area contributed by atoms with Gasteiger partial charge in [-0.15, -0.1) is 0 Å². The summed E-state index contributed by atoms with van der Waals surface area (Å²) in [7, 11) is 1.77. The van der Waals surface area contributed by atoms with E-state index in [4.69, 9.17) is 5.73 Å². The molecule has 118 valence electrons. The van der Waals surface area contributed by atoms with Crippen LogP contribution in [0.25, 0.3) is 0 Å². The fourth-order valence-electron chi connectivity index (χ4n) is 3.24. The van der Waals surface area contributed by atoms with E-state index < -0.39 is 6.17 Å². The summed E-state index contributed by atoms with van der Waals surface area (Å²) in [6.45, 7) is 1.97. The molecule has 0 aliphatic carbocycles. The number of aliphatic imine (C=N–C) groups is 1. The summed E-state index contributed by atoms with van der Waals surface area (Å²) in [5, 5.41) is 0. The van der Waals surface area contributed by atoms with Gasteiger partial charge in [0.2, 0.25) is 0 Å². The molecule has 0 saturated carbocycles. The molecule has 3 rings (SSSR count). The number of benzene rings is 1. The van der Waals surface area contributed by atoms with E-state index in [1.807, 2.05) is 24.3 Å². The molecule has 1 aromatic rings. The second kappa shape index (κ2) is 6.48. The summed E-state index contributed by atoms with van der Waals surface area (Å²) >= 11 is 0. The Balaban J connectivity index is 2.01. The first-order chi connectivity index (χ1) is 10.7. The maximum atomic E-state index is 12.3. The van der Waals surface area contributed by atoms with Crippen LogP contribution >= 0.6 is 0 Å². The van der Waals surface area contributed by atoms with Crippen molar-refractivity contribution in [3.05, 3.63) is 29.8 Å². The van der Waals surface area contributed by atoms with Crippen molar-refractivity contribution in [3.8, 4) is 0 Å². The lowest BCUT2D eigenvalue weighted by molar-refractivity contribution is -0.119. The number of rotatable bonds is 0. The summed E-state index contributed by atoms with van der Waals surface area (Å²) in [6, 6.07) is 7.94. The minimum absolute atomic E-state index is 0.158. The average Bonchev–Trinajstić information content (AvgIpc) is 2.59. The van der Waals surface area contributed by atoms with Crippen LogP contribution < -0.4 is 10.6 Å². The summed E-state index contributed by atoms with van der Waals surface area (Å²) in [6.07, 6.45) is 5.35. The molecule has 0 bridgehead atoms. The van der Waals surface area contributed by atoms with E-state index in [9.17, 15) is 4.79 Å². The van der Waals surface area contributed by atoms with Crippen LogP contribution in [0, 0.1) is 0 Å². The molecule has 0 radical (unpaired) electrons. The van der Waals surface area contributed by atoms with Crippen LogP contribution in [0.5, 0.6) is 0 Å². The zero-order valence-corrected chi connectivity index (χ0v) is 13.2. The largest absolute Gasteiger partial charge is 0.356 e. The number of para-hydroxylation sites is 1. The first-order valence-corrected chi connectivity index (χ1v) is 8.14. The summed E-state index contributed by atoms with van der Waals surface area (Å²) in [5.74, 6) is 0.720. The number of anilines is 1. The topological polar surface area (TPSA) is 61.9 Å². The first-order valence-electron chi connectivity index (χ1n) is 8.14. The van der Waals surface area contributed by atoms with Crippen molar-refractivity contribution in [2.75, 3.05) is 25.0 Å². The number of carbonyl (C=O) groups excluding carboxylic acids is 1. The third kappa shape index (κ3) is 2.86. The Labute approximate surface area is 131 Å². The molecule has 2 heterocycles. The van der Waals surface area contributed by atoms with Gasteiger partial charge in [0.15, 0.2) is 6.17 Å². The van der Waals surface area contributed by atoms with Crippen molar-refractivity contribution >= 4 is 17.4 Å². The standard InChI is InChI=1S/C17H24N4O/c1-20-14-10-6-5-9-13(14)16(19-15(18)17(20)22)21-11-7-3-2-4-8-12-21/h5-6,9-10,15H,2-4,7-8,11-12,18H2,1H3/t15-/m1/s1. The lowest BCUT2D eigenvalue weighted by Gasteiger charge is -2.29. The van der Waals surface area contributed by atoms with Crippen LogP contribution in [0.15, 0.2) is 29.3 Å². The number of benzodiazepines with no additional fused rings is 1. The number of amides is 1. The first kappa shape index (κ1) is 15.0. The molecule has 1 aromatic carbocycles. The van der Waals surface area contributed by atoms with Gasteiger partial charge in [0.25, 0.3) is 5.91 Å². The Kier molecular flexibility index (Phi) is 4.43. The van der Waals surface area contributed by atoms with Gasteiger partial charge >= 0.3 is 0 Å². The molecular weight excluding hydrogens is 276 g/mol. The zero-order chi connectivity index (χ0) is 15.5. The number of amidine groups is 1. The number of nitrogens with two attached hydrogens (primary N) is 1. The second-order valence-electron chi connectivity index (χ2n) is 6.07. The van der Waals surface area contributed by atoms with E-state index in [1.165, 1.54) is 32.1 Å². The molecule has 22 heavy (non-hydrogen) atoms. The minimum Gasteiger partial charge on any atom is -0.356 e. The molecule has 1 fully saturated rings. The van der Waals surface area contributed by atoms with Gasteiger partial charge in [-0.05, 0) is 25.0 Å². The highest BCUT2D eigenvalue weighted by molar-refractivity contribution is 6.11. The van der Waals surface area contributed by atoms with Crippen LogP contribution in [0.1, 0.15) is 37.7 Å². The molecule has 0 unspecified atom stereocenters. The Morgan fingerprint density at radius 3 is 2.45 bits per heavy atom. The monoisotopic (exact) mass is 300 g/mol. The highest BCUT2D eigenvalue weighted by Crippen LogP contribution is 2.26. The number of hydrogen-bond donors (Lipinski definition) is 1. The third-order valence-electron chi connectivity index (χ3n) is 4.51. The lowest BCUT2D eigenvalue weighted by atomic mass is 10.1. The minimum atomic E-state index is -0.821. The molecule has 0 spiro atoms. The molecule has 2 aliphatic rings. The average molecular weight is 300 g/mol. The van der Waals surface area contributed by atoms with Crippen LogP contribution in [0.2, 0.25) is 0 Å². The predicted molar refractivity (Wildman–Crippen MR) is 89.0 cm³/mol. The van der Waals surface area contributed by atoms with Crippen LogP contribution in [-0.4, -0.2) is 42.9 Å². The van der Waals surface area contributed by atoms with Gasteiger partial charge < -0.3 is 15.5 Å². The van der Waals surface area contributed by atoms with Crippen molar-refractivity contribution in [1.82, 2.24) is 4.90 Å². The van der Waals surface area contributed by atoms with E-state index in [2.05, 4.69) is 9.89 Å². The zero-order valence-electron chi connectivity index (χ0n) is 13.2. The number of fused-ring (bicyclic) bond motifs is 1.